The molecule has 0 aromatic carbocycles. The number of carbonyl (C=O) groups is 1. The lowest BCUT2D eigenvalue weighted by molar-refractivity contribution is -0.115. The minimum atomic E-state index is -0.0325. The molecule has 1 fully saturated rings. The van der Waals surface area contributed by atoms with Crippen molar-refractivity contribution in [2.24, 2.45) is 5.92 Å². The lowest BCUT2D eigenvalue weighted by Crippen LogP contribution is -2.29. The second-order valence-electron chi connectivity index (χ2n) is 3.59. The van der Waals surface area contributed by atoms with Gasteiger partial charge in [0.2, 0.25) is 5.91 Å². The van der Waals surface area contributed by atoms with Crippen LogP contribution in [0.3, 0.4) is 0 Å². The molecule has 14 heavy (non-hydrogen) atoms. The van der Waals surface area contributed by atoms with Gasteiger partial charge in [-0.1, -0.05) is 0 Å². The van der Waals surface area contributed by atoms with Crippen LogP contribution in [0.25, 0.3) is 0 Å². The summed E-state index contributed by atoms with van der Waals surface area (Å²) in [4.78, 5) is 11.3. The molecule has 1 amide bonds. The number of carbonyl (C=O) groups excluding carboxylic acids is 1. The predicted octanol–water partition coefficient (Wildman–Crippen LogP) is 0.348. The Kier molecular flexibility index (Phi) is 2.78. The van der Waals surface area contributed by atoms with Crippen LogP contribution in [-0.4, -0.2) is 29.2 Å². The zero-order valence-corrected chi connectivity index (χ0v) is 7.92. The lowest BCUT2D eigenvalue weighted by Gasteiger charge is -2.03. The number of aromatic amines is 1. The van der Waals surface area contributed by atoms with Crippen molar-refractivity contribution < 1.29 is 4.79 Å². The second kappa shape index (κ2) is 4.23. The summed E-state index contributed by atoms with van der Waals surface area (Å²) in [7, 11) is 0. The Morgan fingerprint density at radius 1 is 1.64 bits per heavy atom. The summed E-state index contributed by atoms with van der Waals surface area (Å²) in [5.41, 5.74) is 0. The van der Waals surface area contributed by atoms with E-state index in [1.165, 1.54) is 12.8 Å². The molecular weight excluding hydrogens is 180 g/mol. The topological polar surface area (TPSA) is 69.8 Å². The first-order valence-corrected chi connectivity index (χ1v) is 4.84. The molecule has 1 aliphatic carbocycles. The molecule has 0 saturated heterocycles. The number of nitrogens with zero attached hydrogens (tertiary/aromatic N) is 1. The maximum atomic E-state index is 11.3. The van der Waals surface area contributed by atoms with Gasteiger partial charge in [0.25, 0.3) is 0 Å². The molecule has 1 saturated carbocycles. The molecule has 1 aromatic rings. The average Bonchev–Trinajstić information content (AvgIpc) is 2.83. The quantitative estimate of drug-likeness (QED) is 0.633. The van der Waals surface area contributed by atoms with Crippen LogP contribution >= 0.6 is 0 Å². The molecular formula is C9H14N4O. The standard InChI is InChI=1S/C9H14N4O/c14-9(6-10-5-7-1-2-7)12-8-3-4-11-13-8/h3-4,7,10H,1-2,5-6H2,(H2,11,12,13,14). The first-order valence-electron chi connectivity index (χ1n) is 4.84. The number of hydrogen-bond donors (Lipinski definition) is 3. The highest BCUT2D eigenvalue weighted by molar-refractivity contribution is 5.91. The molecule has 1 heterocycles. The van der Waals surface area contributed by atoms with Crippen molar-refractivity contribution in [1.82, 2.24) is 15.5 Å². The number of H-pyrrole nitrogens is 1. The van der Waals surface area contributed by atoms with Crippen molar-refractivity contribution in [3.8, 4) is 0 Å². The van der Waals surface area contributed by atoms with E-state index in [0.717, 1.165) is 12.5 Å². The number of rotatable bonds is 5. The predicted molar refractivity (Wildman–Crippen MR) is 52.8 cm³/mol. The van der Waals surface area contributed by atoms with Crippen LogP contribution < -0.4 is 10.6 Å². The Morgan fingerprint density at radius 3 is 3.14 bits per heavy atom. The van der Waals surface area contributed by atoms with Crippen LogP contribution in [0.15, 0.2) is 12.3 Å². The third-order valence-corrected chi connectivity index (χ3v) is 2.19. The van der Waals surface area contributed by atoms with Crippen LogP contribution in [-0.2, 0) is 4.79 Å². The summed E-state index contributed by atoms with van der Waals surface area (Å²) >= 11 is 0. The van der Waals surface area contributed by atoms with Crippen LogP contribution in [0, 0.1) is 5.92 Å². The molecule has 5 nitrogen and oxygen atoms in total. The van der Waals surface area contributed by atoms with E-state index in [4.69, 9.17) is 0 Å². The molecule has 1 aliphatic rings. The van der Waals surface area contributed by atoms with Gasteiger partial charge in [-0.15, -0.1) is 0 Å². The highest BCUT2D eigenvalue weighted by Crippen LogP contribution is 2.27. The van der Waals surface area contributed by atoms with E-state index in [2.05, 4.69) is 20.8 Å². The minimum Gasteiger partial charge on any atom is -0.310 e. The summed E-state index contributed by atoms with van der Waals surface area (Å²) in [6.07, 6.45) is 4.21. The van der Waals surface area contributed by atoms with Crippen LogP contribution in [0.1, 0.15) is 12.8 Å². The van der Waals surface area contributed by atoms with Crippen molar-refractivity contribution >= 4 is 11.7 Å². The van der Waals surface area contributed by atoms with Crippen molar-refractivity contribution in [1.29, 1.82) is 0 Å². The van der Waals surface area contributed by atoms with E-state index >= 15 is 0 Å². The summed E-state index contributed by atoms with van der Waals surface area (Å²) in [5, 5.41) is 12.2. The van der Waals surface area contributed by atoms with Gasteiger partial charge >= 0.3 is 0 Å². The fourth-order valence-corrected chi connectivity index (χ4v) is 1.23. The van der Waals surface area contributed by atoms with Crippen LogP contribution in [0.2, 0.25) is 0 Å². The maximum Gasteiger partial charge on any atom is 0.239 e. The summed E-state index contributed by atoms with van der Waals surface area (Å²) < 4.78 is 0. The SMILES string of the molecule is O=C(CNCC1CC1)Nc1ccn[nH]1. The molecule has 3 N–H and O–H groups in total. The van der Waals surface area contributed by atoms with E-state index in [0.29, 0.717) is 12.4 Å². The van der Waals surface area contributed by atoms with Gasteiger partial charge in [0.1, 0.15) is 5.82 Å². The Hall–Kier alpha value is -1.36. The number of hydrogen-bond acceptors (Lipinski definition) is 3. The van der Waals surface area contributed by atoms with Crippen LogP contribution in [0.4, 0.5) is 5.82 Å². The third-order valence-electron chi connectivity index (χ3n) is 2.19. The largest absolute Gasteiger partial charge is 0.310 e. The van der Waals surface area contributed by atoms with Crippen LogP contribution in [0.5, 0.6) is 0 Å². The molecule has 0 radical (unpaired) electrons. The van der Waals surface area contributed by atoms with Gasteiger partial charge in [-0.05, 0) is 25.3 Å². The van der Waals surface area contributed by atoms with Gasteiger partial charge in [0, 0.05) is 6.07 Å². The smallest absolute Gasteiger partial charge is 0.239 e. The molecule has 1 aromatic heterocycles. The molecule has 76 valence electrons. The molecule has 0 bridgehead atoms. The van der Waals surface area contributed by atoms with Crippen molar-refractivity contribution in [3.05, 3.63) is 12.3 Å². The Bertz CT molecular complexity index is 292. The van der Waals surface area contributed by atoms with Gasteiger partial charge in [-0.3, -0.25) is 9.89 Å². The molecule has 5 heteroatoms. The highest BCUT2D eigenvalue weighted by atomic mass is 16.2. The fraction of sp³-hybridized carbons (Fsp3) is 0.556. The number of amides is 1. The van der Waals surface area contributed by atoms with Crippen molar-refractivity contribution in [2.45, 2.75) is 12.8 Å². The van der Waals surface area contributed by atoms with Gasteiger partial charge in [-0.2, -0.15) is 5.10 Å². The van der Waals surface area contributed by atoms with E-state index in [1.807, 2.05) is 0 Å². The lowest BCUT2D eigenvalue weighted by atomic mass is 10.4. The summed E-state index contributed by atoms with van der Waals surface area (Å²) in [5.74, 6) is 1.41. The Morgan fingerprint density at radius 2 is 2.50 bits per heavy atom. The molecule has 0 unspecified atom stereocenters. The molecule has 0 aliphatic heterocycles. The minimum absolute atomic E-state index is 0.0325. The molecule has 2 rings (SSSR count). The van der Waals surface area contributed by atoms with E-state index in [-0.39, 0.29) is 5.91 Å². The monoisotopic (exact) mass is 194 g/mol. The average molecular weight is 194 g/mol. The van der Waals surface area contributed by atoms with E-state index < -0.39 is 0 Å². The number of anilines is 1. The van der Waals surface area contributed by atoms with Crippen molar-refractivity contribution in [3.63, 3.8) is 0 Å². The highest BCUT2D eigenvalue weighted by Gasteiger charge is 2.20. The van der Waals surface area contributed by atoms with Gasteiger partial charge in [0.05, 0.1) is 12.7 Å². The van der Waals surface area contributed by atoms with Crippen molar-refractivity contribution in [2.75, 3.05) is 18.4 Å². The zero-order chi connectivity index (χ0) is 9.80. The molecule has 0 atom stereocenters. The first kappa shape index (κ1) is 9.21. The summed E-state index contributed by atoms with van der Waals surface area (Å²) in [6.45, 7) is 1.33. The molecule has 0 spiro atoms. The summed E-state index contributed by atoms with van der Waals surface area (Å²) in [6, 6.07) is 1.72. The maximum absolute atomic E-state index is 11.3. The zero-order valence-electron chi connectivity index (χ0n) is 7.92. The second-order valence-corrected chi connectivity index (χ2v) is 3.59. The Balaban J connectivity index is 1.62. The normalized spacial score (nSPS) is 15.4. The van der Waals surface area contributed by atoms with E-state index in [9.17, 15) is 4.79 Å². The van der Waals surface area contributed by atoms with Gasteiger partial charge in [-0.25, -0.2) is 0 Å². The number of nitrogens with one attached hydrogen (secondary N) is 3. The first-order chi connectivity index (χ1) is 6.84. The van der Waals surface area contributed by atoms with Gasteiger partial charge < -0.3 is 10.6 Å². The van der Waals surface area contributed by atoms with Gasteiger partial charge in [0.15, 0.2) is 0 Å². The fourth-order valence-electron chi connectivity index (χ4n) is 1.23. The number of aromatic nitrogens is 2. The van der Waals surface area contributed by atoms with E-state index in [1.54, 1.807) is 12.3 Å². The Labute approximate surface area is 82.3 Å². The third kappa shape index (κ3) is 2.85.